The predicted molar refractivity (Wildman–Crippen MR) is 84.1 cm³/mol. The van der Waals surface area contributed by atoms with Crippen LogP contribution >= 0.6 is 23.4 Å². The van der Waals surface area contributed by atoms with Gasteiger partial charge in [-0.2, -0.15) is 17.0 Å². The van der Waals surface area contributed by atoms with Gasteiger partial charge in [-0.25, -0.2) is 8.42 Å². The fourth-order valence-corrected chi connectivity index (χ4v) is 5.33. The maximum Gasteiger partial charge on any atom is 0.171 e. The van der Waals surface area contributed by atoms with Gasteiger partial charge in [0.25, 0.3) is 0 Å². The number of hydrogen-bond acceptors (Lipinski definition) is 5. The summed E-state index contributed by atoms with van der Waals surface area (Å²) in [4.78, 5) is 1.81. The van der Waals surface area contributed by atoms with Crippen LogP contribution in [0.25, 0.3) is 0 Å². The summed E-state index contributed by atoms with van der Waals surface area (Å²) in [6, 6.07) is 7.06. The van der Waals surface area contributed by atoms with Gasteiger partial charge in [0.15, 0.2) is 9.84 Å². The van der Waals surface area contributed by atoms with E-state index in [2.05, 4.69) is 6.07 Å². The maximum absolute atomic E-state index is 12.3. The molecule has 1 aliphatic rings. The van der Waals surface area contributed by atoms with Crippen LogP contribution in [-0.4, -0.2) is 37.6 Å². The van der Waals surface area contributed by atoms with E-state index in [0.717, 1.165) is 5.75 Å². The molecule has 1 aliphatic heterocycles. The molecule has 1 atom stereocenters. The van der Waals surface area contributed by atoms with Crippen molar-refractivity contribution in [3.8, 4) is 6.07 Å². The van der Waals surface area contributed by atoms with Crippen molar-refractivity contribution in [2.45, 2.75) is 12.3 Å². The zero-order valence-corrected chi connectivity index (χ0v) is 13.4. The van der Waals surface area contributed by atoms with E-state index in [1.54, 1.807) is 41.8 Å². The third kappa shape index (κ3) is 3.05. The van der Waals surface area contributed by atoms with Gasteiger partial charge in [-0.1, -0.05) is 18.5 Å². The van der Waals surface area contributed by atoms with Gasteiger partial charge in [0.2, 0.25) is 0 Å². The lowest BCUT2D eigenvalue weighted by molar-refractivity contribution is 0.579. The van der Waals surface area contributed by atoms with Crippen LogP contribution in [0.15, 0.2) is 18.2 Å². The van der Waals surface area contributed by atoms with Gasteiger partial charge < -0.3 is 4.90 Å². The van der Waals surface area contributed by atoms with E-state index in [-0.39, 0.29) is 5.75 Å². The van der Waals surface area contributed by atoms with Crippen LogP contribution in [0.2, 0.25) is 5.02 Å². The van der Waals surface area contributed by atoms with Crippen LogP contribution in [0.4, 0.5) is 5.69 Å². The van der Waals surface area contributed by atoms with Gasteiger partial charge in [-0.3, -0.25) is 0 Å². The molecular formula is C13H15ClN2O2S2. The normalized spacial score (nSPS) is 19.6. The third-order valence-corrected chi connectivity index (χ3v) is 6.81. The molecule has 2 rings (SSSR count). The summed E-state index contributed by atoms with van der Waals surface area (Å²) in [5.41, 5.74) is 1.07. The summed E-state index contributed by atoms with van der Waals surface area (Å²) >= 11 is 7.62. The average Bonchev–Trinajstić information content (AvgIpc) is 2.47. The summed E-state index contributed by atoms with van der Waals surface area (Å²) in [5, 5.41) is 9.13. The SMILES string of the molecule is CCS(=O)(=O)C1CSCCN1c1cc(Cl)ccc1C#N. The largest absolute Gasteiger partial charge is 0.352 e. The van der Waals surface area contributed by atoms with Crippen molar-refractivity contribution in [3.05, 3.63) is 28.8 Å². The Hall–Kier alpha value is -0.900. The summed E-state index contributed by atoms with van der Waals surface area (Å²) in [6.45, 7) is 2.25. The van der Waals surface area contributed by atoms with Gasteiger partial charge in [0.1, 0.15) is 11.4 Å². The predicted octanol–water partition coefficient (Wildman–Crippen LogP) is 2.53. The number of nitriles is 1. The molecule has 0 spiro atoms. The first-order valence-electron chi connectivity index (χ1n) is 6.25. The number of rotatable bonds is 3. The minimum Gasteiger partial charge on any atom is -0.352 e. The molecule has 20 heavy (non-hydrogen) atoms. The second-order valence-corrected chi connectivity index (χ2v) is 8.48. The molecule has 0 radical (unpaired) electrons. The smallest absolute Gasteiger partial charge is 0.171 e. The third-order valence-electron chi connectivity index (χ3n) is 3.29. The van der Waals surface area contributed by atoms with Crippen molar-refractivity contribution in [1.82, 2.24) is 0 Å². The average molecular weight is 331 g/mol. The minimum absolute atomic E-state index is 0.0944. The number of benzene rings is 1. The topological polar surface area (TPSA) is 61.2 Å². The van der Waals surface area contributed by atoms with Crippen molar-refractivity contribution < 1.29 is 8.42 Å². The number of halogens is 1. The Labute approximate surface area is 128 Å². The first-order chi connectivity index (χ1) is 9.49. The highest BCUT2D eigenvalue weighted by Gasteiger charge is 2.34. The summed E-state index contributed by atoms with van der Waals surface area (Å²) in [5.74, 6) is 1.46. The first kappa shape index (κ1) is 15.5. The van der Waals surface area contributed by atoms with Crippen LogP contribution in [-0.2, 0) is 9.84 Å². The molecule has 1 fully saturated rings. The highest BCUT2D eigenvalue weighted by atomic mass is 35.5. The van der Waals surface area contributed by atoms with Gasteiger partial charge in [0, 0.05) is 28.8 Å². The van der Waals surface area contributed by atoms with E-state index >= 15 is 0 Å². The molecule has 0 amide bonds. The first-order valence-corrected chi connectivity index (χ1v) is 9.50. The highest BCUT2D eigenvalue weighted by Crippen LogP contribution is 2.31. The standard InChI is InChI=1S/C13H15ClN2O2S2/c1-2-20(17,18)13-9-19-6-5-16(13)12-7-11(14)4-3-10(12)8-15/h3-4,7,13H,2,5-6,9H2,1H3. The lowest BCUT2D eigenvalue weighted by Crippen LogP contribution is -2.48. The van der Waals surface area contributed by atoms with E-state index in [4.69, 9.17) is 11.6 Å². The number of sulfone groups is 1. The number of nitrogens with zero attached hydrogens (tertiary/aromatic N) is 2. The van der Waals surface area contributed by atoms with Gasteiger partial charge >= 0.3 is 0 Å². The number of anilines is 1. The van der Waals surface area contributed by atoms with E-state index < -0.39 is 15.2 Å². The summed E-state index contributed by atoms with van der Waals surface area (Å²) in [6.07, 6.45) is 0. The van der Waals surface area contributed by atoms with Crippen LogP contribution in [0, 0.1) is 11.3 Å². The van der Waals surface area contributed by atoms with Gasteiger partial charge in [0.05, 0.1) is 11.3 Å². The molecule has 1 aromatic rings. The quantitative estimate of drug-likeness (QED) is 0.852. The fraction of sp³-hybridized carbons (Fsp3) is 0.462. The molecule has 1 heterocycles. The molecule has 0 aliphatic carbocycles. The fourth-order valence-electron chi connectivity index (χ4n) is 2.18. The second-order valence-electron chi connectivity index (χ2n) is 4.45. The Morgan fingerprint density at radius 3 is 2.95 bits per heavy atom. The van der Waals surface area contributed by atoms with E-state index in [0.29, 0.717) is 28.6 Å². The van der Waals surface area contributed by atoms with Crippen molar-refractivity contribution in [2.24, 2.45) is 0 Å². The molecular weight excluding hydrogens is 316 g/mol. The molecule has 0 bridgehead atoms. The van der Waals surface area contributed by atoms with Crippen molar-refractivity contribution in [1.29, 1.82) is 5.26 Å². The molecule has 0 N–H and O–H groups in total. The number of hydrogen-bond donors (Lipinski definition) is 0. The summed E-state index contributed by atoms with van der Waals surface area (Å²) in [7, 11) is -3.20. The van der Waals surface area contributed by atoms with E-state index in [9.17, 15) is 13.7 Å². The van der Waals surface area contributed by atoms with Crippen molar-refractivity contribution in [3.63, 3.8) is 0 Å². The molecule has 108 valence electrons. The molecule has 0 saturated carbocycles. The maximum atomic E-state index is 12.3. The molecule has 1 unspecified atom stereocenters. The van der Waals surface area contributed by atoms with Crippen LogP contribution < -0.4 is 4.90 Å². The Bertz CT molecular complexity index is 640. The summed E-state index contributed by atoms with van der Waals surface area (Å²) < 4.78 is 24.5. The number of thioether (sulfide) groups is 1. The zero-order chi connectivity index (χ0) is 14.8. The minimum atomic E-state index is -3.20. The Balaban J connectivity index is 2.49. The van der Waals surface area contributed by atoms with Crippen LogP contribution in [0.3, 0.4) is 0 Å². The monoisotopic (exact) mass is 330 g/mol. The Morgan fingerprint density at radius 2 is 2.30 bits per heavy atom. The molecule has 1 aromatic carbocycles. The van der Waals surface area contributed by atoms with Crippen LogP contribution in [0.5, 0.6) is 0 Å². The Morgan fingerprint density at radius 1 is 1.55 bits per heavy atom. The van der Waals surface area contributed by atoms with Gasteiger partial charge in [-0.05, 0) is 18.2 Å². The molecule has 7 heteroatoms. The van der Waals surface area contributed by atoms with Crippen molar-refractivity contribution >= 4 is 38.9 Å². The molecule has 1 saturated heterocycles. The van der Waals surface area contributed by atoms with Crippen molar-refractivity contribution in [2.75, 3.05) is 28.7 Å². The highest BCUT2D eigenvalue weighted by molar-refractivity contribution is 8.01. The van der Waals surface area contributed by atoms with Crippen LogP contribution in [0.1, 0.15) is 12.5 Å². The van der Waals surface area contributed by atoms with E-state index in [1.165, 1.54) is 0 Å². The Kier molecular flexibility index (Phi) is 4.84. The second kappa shape index (κ2) is 6.25. The molecule has 0 aromatic heterocycles. The van der Waals surface area contributed by atoms with E-state index in [1.807, 2.05) is 0 Å². The van der Waals surface area contributed by atoms with Gasteiger partial charge in [-0.15, -0.1) is 0 Å². The lowest BCUT2D eigenvalue weighted by atomic mass is 10.1. The molecule has 4 nitrogen and oxygen atoms in total. The zero-order valence-electron chi connectivity index (χ0n) is 11.0. The lowest BCUT2D eigenvalue weighted by Gasteiger charge is -2.37.